The summed E-state index contributed by atoms with van der Waals surface area (Å²) in [5, 5.41) is 0. The van der Waals surface area contributed by atoms with E-state index in [0.29, 0.717) is 0 Å². The Morgan fingerprint density at radius 2 is 1.43 bits per heavy atom. The van der Waals surface area contributed by atoms with Crippen molar-refractivity contribution >= 4 is 0 Å². The Labute approximate surface area is 88.7 Å². The Morgan fingerprint density at radius 1 is 1.00 bits per heavy atom. The summed E-state index contributed by atoms with van der Waals surface area (Å²) in [5.74, 6) is 0. The smallest absolute Gasteiger partial charge is 0.0172 e. The third kappa shape index (κ3) is 11.0. The van der Waals surface area contributed by atoms with Crippen molar-refractivity contribution in [2.75, 3.05) is 0 Å². The molecule has 0 unspecified atom stereocenters. The molecular weight excluding hydrogens is 168 g/mol. The first-order valence-electron chi connectivity index (χ1n) is 5.44. The molecule has 78 valence electrons. The van der Waals surface area contributed by atoms with Gasteiger partial charge in [-0.3, -0.25) is 0 Å². The molecule has 0 radical (unpaired) electrons. The van der Waals surface area contributed by atoms with Crippen LogP contribution in [-0.2, 0) is 0 Å². The highest BCUT2D eigenvalue weighted by Gasteiger charge is 1.81. The van der Waals surface area contributed by atoms with E-state index in [-0.39, 0.29) is 0 Å². The maximum Gasteiger partial charge on any atom is -0.0172 e. The van der Waals surface area contributed by atoms with Gasteiger partial charge in [0.1, 0.15) is 0 Å². The van der Waals surface area contributed by atoms with Crippen molar-refractivity contribution in [2.24, 2.45) is 0 Å². The van der Waals surface area contributed by atoms with Gasteiger partial charge in [-0.25, -0.2) is 0 Å². The summed E-state index contributed by atoms with van der Waals surface area (Å²) >= 11 is 0. The second-order valence-corrected chi connectivity index (χ2v) is 3.19. The molecule has 0 saturated heterocycles. The van der Waals surface area contributed by atoms with E-state index < -0.39 is 0 Å². The standard InChI is InChI=1S/C8H12.C6H10/c1-2-4-6-8-7-5-3-1;1-3-5-6-4-2/h1-2,7-8H,3-6H2;3-4,6H,1,5H2,2H3/b2-1-,8-7-;. The van der Waals surface area contributed by atoms with Crippen LogP contribution in [0.5, 0.6) is 0 Å². The maximum atomic E-state index is 3.55. The molecule has 0 fully saturated rings. The summed E-state index contributed by atoms with van der Waals surface area (Å²) in [6.45, 7) is 5.55. The van der Waals surface area contributed by atoms with Crippen LogP contribution in [0, 0.1) is 0 Å². The van der Waals surface area contributed by atoms with Crippen LogP contribution >= 0.6 is 0 Å². The number of hydrogen-bond donors (Lipinski definition) is 0. The summed E-state index contributed by atoms with van der Waals surface area (Å²) in [6, 6.07) is 0. The van der Waals surface area contributed by atoms with E-state index in [1.807, 2.05) is 19.1 Å². The molecule has 14 heavy (non-hydrogen) atoms. The zero-order chi connectivity index (χ0) is 10.5. The first-order chi connectivity index (χ1) is 6.91. The van der Waals surface area contributed by atoms with Gasteiger partial charge in [-0.2, -0.15) is 0 Å². The fourth-order valence-electron chi connectivity index (χ4n) is 1.09. The van der Waals surface area contributed by atoms with E-state index in [4.69, 9.17) is 0 Å². The molecule has 0 aromatic carbocycles. The van der Waals surface area contributed by atoms with E-state index in [9.17, 15) is 0 Å². The lowest BCUT2D eigenvalue weighted by molar-refractivity contribution is 0.962. The monoisotopic (exact) mass is 190 g/mol. The number of rotatable bonds is 2. The topological polar surface area (TPSA) is 0 Å². The second kappa shape index (κ2) is 12.0. The largest absolute Gasteiger partial charge is 0.103 e. The minimum Gasteiger partial charge on any atom is -0.103 e. The van der Waals surface area contributed by atoms with Crippen molar-refractivity contribution in [2.45, 2.75) is 39.0 Å². The lowest BCUT2D eigenvalue weighted by Gasteiger charge is -1.92. The normalized spacial score (nSPS) is 20.1. The van der Waals surface area contributed by atoms with Crippen LogP contribution in [0.25, 0.3) is 0 Å². The minimum absolute atomic E-state index is 0.997. The molecule has 0 atom stereocenters. The summed E-state index contributed by atoms with van der Waals surface area (Å²) in [7, 11) is 0. The highest BCUT2D eigenvalue weighted by molar-refractivity contribution is 4.93. The average molecular weight is 190 g/mol. The van der Waals surface area contributed by atoms with Crippen LogP contribution in [0.4, 0.5) is 0 Å². The molecule has 0 amide bonds. The molecule has 0 bridgehead atoms. The predicted molar refractivity (Wildman–Crippen MR) is 66.4 cm³/mol. The fourth-order valence-corrected chi connectivity index (χ4v) is 1.09. The zero-order valence-corrected chi connectivity index (χ0v) is 9.28. The lowest BCUT2D eigenvalue weighted by Crippen LogP contribution is -1.71. The first-order valence-corrected chi connectivity index (χ1v) is 5.44. The molecule has 0 heteroatoms. The van der Waals surface area contributed by atoms with Crippen molar-refractivity contribution in [3.05, 3.63) is 49.1 Å². The van der Waals surface area contributed by atoms with Gasteiger partial charge in [-0.05, 0) is 39.0 Å². The Kier molecular flexibility index (Phi) is 11.1. The molecule has 0 heterocycles. The molecule has 1 aliphatic carbocycles. The lowest BCUT2D eigenvalue weighted by atomic mass is 10.1. The molecule has 1 rings (SSSR count). The molecule has 0 aliphatic heterocycles. The van der Waals surface area contributed by atoms with Crippen LogP contribution in [0.15, 0.2) is 49.1 Å². The molecule has 0 N–H and O–H groups in total. The van der Waals surface area contributed by atoms with Gasteiger partial charge < -0.3 is 0 Å². The molecule has 0 nitrogen and oxygen atoms in total. The fraction of sp³-hybridized carbons (Fsp3) is 0.429. The Balaban J connectivity index is 0.000000255. The van der Waals surface area contributed by atoms with Gasteiger partial charge in [-0.1, -0.05) is 42.5 Å². The van der Waals surface area contributed by atoms with Gasteiger partial charge in [-0.15, -0.1) is 6.58 Å². The Hall–Kier alpha value is -1.04. The van der Waals surface area contributed by atoms with Crippen molar-refractivity contribution in [1.29, 1.82) is 0 Å². The van der Waals surface area contributed by atoms with Gasteiger partial charge in [0.05, 0.1) is 0 Å². The van der Waals surface area contributed by atoms with Gasteiger partial charge >= 0.3 is 0 Å². The van der Waals surface area contributed by atoms with Crippen LogP contribution in [0.2, 0.25) is 0 Å². The Morgan fingerprint density at radius 3 is 1.64 bits per heavy atom. The Bertz CT molecular complexity index is 168. The highest BCUT2D eigenvalue weighted by atomic mass is 13.9. The third-order valence-electron chi connectivity index (χ3n) is 1.87. The molecule has 0 aromatic rings. The highest BCUT2D eigenvalue weighted by Crippen LogP contribution is 2.02. The van der Waals surface area contributed by atoms with E-state index in [1.165, 1.54) is 25.7 Å². The number of hydrogen-bond acceptors (Lipinski definition) is 0. The van der Waals surface area contributed by atoms with E-state index in [2.05, 4.69) is 37.0 Å². The van der Waals surface area contributed by atoms with Crippen molar-refractivity contribution < 1.29 is 0 Å². The predicted octanol–water partition coefficient (Wildman–Crippen LogP) is 4.81. The number of allylic oxidation sites excluding steroid dienone is 7. The van der Waals surface area contributed by atoms with Gasteiger partial charge in [0.15, 0.2) is 0 Å². The summed E-state index contributed by atoms with van der Waals surface area (Å²) < 4.78 is 0. The minimum atomic E-state index is 0.997. The average Bonchev–Trinajstić information content (AvgIpc) is 2.14. The zero-order valence-electron chi connectivity index (χ0n) is 9.28. The quantitative estimate of drug-likeness (QED) is 0.548. The van der Waals surface area contributed by atoms with Gasteiger partial charge in [0.25, 0.3) is 0 Å². The van der Waals surface area contributed by atoms with E-state index in [1.54, 1.807) is 0 Å². The SMILES string of the molecule is C1=C\CC/C=C\CC/1.C=CCC=CC. The third-order valence-corrected chi connectivity index (χ3v) is 1.87. The molecule has 0 spiro atoms. The van der Waals surface area contributed by atoms with E-state index >= 15 is 0 Å². The molecule has 0 saturated carbocycles. The van der Waals surface area contributed by atoms with Crippen LogP contribution < -0.4 is 0 Å². The maximum absolute atomic E-state index is 3.55. The van der Waals surface area contributed by atoms with Crippen molar-refractivity contribution in [3.63, 3.8) is 0 Å². The summed E-state index contributed by atoms with van der Waals surface area (Å²) in [6.07, 6.45) is 20.9. The first kappa shape index (κ1) is 13.0. The van der Waals surface area contributed by atoms with Crippen molar-refractivity contribution in [1.82, 2.24) is 0 Å². The molecule has 1 aliphatic rings. The van der Waals surface area contributed by atoms with E-state index in [0.717, 1.165) is 6.42 Å². The molecular formula is C14H22. The van der Waals surface area contributed by atoms with Crippen LogP contribution in [0.3, 0.4) is 0 Å². The molecule has 0 aromatic heterocycles. The summed E-state index contributed by atoms with van der Waals surface area (Å²) in [5.41, 5.74) is 0. The van der Waals surface area contributed by atoms with Crippen LogP contribution in [-0.4, -0.2) is 0 Å². The van der Waals surface area contributed by atoms with Crippen molar-refractivity contribution in [3.8, 4) is 0 Å². The summed E-state index contributed by atoms with van der Waals surface area (Å²) in [4.78, 5) is 0. The van der Waals surface area contributed by atoms with Gasteiger partial charge in [0.2, 0.25) is 0 Å². The van der Waals surface area contributed by atoms with Gasteiger partial charge in [0, 0.05) is 0 Å². The van der Waals surface area contributed by atoms with Crippen LogP contribution in [0.1, 0.15) is 39.0 Å². The second-order valence-electron chi connectivity index (χ2n) is 3.19.